The first kappa shape index (κ1) is 20.5. The van der Waals surface area contributed by atoms with Crippen LogP contribution in [-0.2, 0) is 11.4 Å². The number of thiocarbonyl (C=S) groups is 1. The summed E-state index contributed by atoms with van der Waals surface area (Å²) in [7, 11) is 1.85. The number of carbonyl (C=O) groups excluding carboxylic acids is 1. The lowest BCUT2D eigenvalue weighted by atomic mass is 9.94. The fourth-order valence-corrected chi connectivity index (χ4v) is 4.36. The van der Waals surface area contributed by atoms with Crippen LogP contribution in [0.5, 0.6) is 5.75 Å². The van der Waals surface area contributed by atoms with E-state index in [1.54, 1.807) is 28.0 Å². The van der Waals surface area contributed by atoms with Crippen LogP contribution < -0.4 is 4.74 Å². The average Bonchev–Trinajstić information content (AvgIpc) is 2.98. The van der Waals surface area contributed by atoms with Gasteiger partial charge in [0.2, 0.25) is 0 Å². The van der Waals surface area contributed by atoms with E-state index >= 15 is 0 Å². The molecule has 2 aromatic rings. The van der Waals surface area contributed by atoms with Gasteiger partial charge in [0.1, 0.15) is 23.9 Å². The molecule has 30 heavy (non-hydrogen) atoms. The Balaban J connectivity index is 1.45. The molecule has 1 saturated carbocycles. The van der Waals surface area contributed by atoms with Crippen LogP contribution in [0.4, 0.5) is 4.39 Å². The highest BCUT2D eigenvalue weighted by Crippen LogP contribution is 2.30. The summed E-state index contributed by atoms with van der Waals surface area (Å²) in [5.41, 5.74) is 1.99. The van der Waals surface area contributed by atoms with Crippen molar-refractivity contribution in [3.63, 3.8) is 0 Å². The van der Waals surface area contributed by atoms with E-state index in [1.165, 1.54) is 12.5 Å². The second-order valence-corrected chi connectivity index (χ2v) is 8.15. The largest absolute Gasteiger partial charge is 0.489 e. The molecule has 1 saturated heterocycles. The molecule has 4 rings (SSSR count). The molecule has 1 aliphatic carbocycles. The highest BCUT2D eigenvalue weighted by molar-refractivity contribution is 7.80. The van der Waals surface area contributed by atoms with Crippen LogP contribution in [0.3, 0.4) is 0 Å². The number of benzene rings is 2. The Kier molecular flexibility index (Phi) is 6.13. The monoisotopic (exact) mass is 424 g/mol. The maximum atomic E-state index is 13.7. The molecule has 0 spiro atoms. The summed E-state index contributed by atoms with van der Waals surface area (Å²) in [6, 6.07) is 14.2. The fourth-order valence-electron chi connectivity index (χ4n) is 4.03. The lowest BCUT2D eigenvalue weighted by Crippen LogP contribution is -2.41. The van der Waals surface area contributed by atoms with Crippen molar-refractivity contribution >= 4 is 29.3 Å². The topological polar surface area (TPSA) is 32.8 Å². The SMILES string of the molecule is CN1C(=S)N(C2CCCCC2)C(=O)C1=Cc1ccc(OCc2ccccc2F)cc1. The van der Waals surface area contributed by atoms with Crippen molar-refractivity contribution in [2.45, 2.75) is 44.8 Å². The Morgan fingerprint density at radius 3 is 2.50 bits per heavy atom. The molecule has 0 radical (unpaired) electrons. The molecule has 156 valence electrons. The predicted molar refractivity (Wildman–Crippen MR) is 119 cm³/mol. The first-order valence-corrected chi connectivity index (χ1v) is 10.7. The summed E-state index contributed by atoms with van der Waals surface area (Å²) < 4.78 is 19.4. The first-order valence-electron chi connectivity index (χ1n) is 10.3. The van der Waals surface area contributed by atoms with Gasteiger partial charge in [-0.25, -0.2) is 4.39 Å². The van der Waals surface area contributed by atoms with Gasteiger partial charge in [0.05, 0.1) is 0 Å². The third kappa shape index (κ3) is 4.24. The Morgan fingerprint density at radius 2 is 1.80 bits per heavy atom. The number of carbonyl (C=O) groups is 1. The van der Waals surface area contributed by atoms with E-state index in [0.717, 1.165) is 31.2 Å². The van der Waals surface area contributed by atoms with E-state index in [4.69, 9.17) is 17.0 Å². The van der Waals surface area contributed by atoms with Gasteiger partial charge in [0.25, 0.3) is 5.91 Å². The molecule has 2 fully saturated rings. The number of hydrogen-bond acceptors (Lipinski definition) is 3. The Hall–Kier alpha value is -2.73. The second kappa shape index (κ2) is 8.96. The summed E-state index contributed by atoms with van der Waals surface area (Å²) in [5.74, 6) is 0.347. The lowest BCUT2D eigenvalue weighted by Gasteiger charge is -2.30. The summed E-state index contributed by atoms with van der Waals surface area (Å²) in [6.07, 6.45) is 7.41. The van der Waals surface area contributed by atoms with Gasteiger partial charge in [0, 0.05) is 18.7 Å². The van der Waals surface area contributed by atoms with Crippen LogP contribution in [0.25, 0.3) is 6.08 Å². The van der Waals surface area contributed by atoms with Gasteiger partial charge < -0.3 is 9.64 Å². The van der Waals surface area contributed by atoms with E-state index in [0.29, 0.717) is 22.1 Å². The minimum absolute atomic E-state index is 0.0192. The fraction of sp³-hybridized carbons (Fsp3) is 0.333. The number of nitrogens with zero attached hydrogens (tertiary/aromatic N) is 2. The summed E-state index contributed by atoms with van der Waals surface area (Å²) in [4.78, 5) is 16.7. The zero-order chi connectivity index (χ0) is 21.1. The normalized spacial score (nSPS) is 19.1. The summed E-state index contributed by atoms with van der Waals surface area (Å²) >= 11 is 5.57. The van der Waals surface area contributed by atoms with E-state index in [1.807, 2.05) is 37.4 Å². The van der Waals surface area contributed by atoms with Gasteiger partial charge in [-0.3, -0.25) is 9.69 Å². The molecule has 1 aliphatic heterocycles. The van der Waals surface area contributed by atoms with Crippen molar-refractivity contribution < 1.29 is 13.9 Å². The van der Waals surface area contributed by atoms with Crippen LogP contribution in [0, 0.1) is 5.82 Å². The van der Waals surface area contributed by atoms with E-state index in [-0.39, 0.29) is 24.4 Å². The van der Waals surface area contributed by atoms with Crippen molar-refractivity contribution in [1.82, 2.24) is 9.80 Å². The quantitative estimate of drug-likeness (QED) is 0.492. The minimum atomic E-state index is -0.278. The predicted octanol–water partition coefficient (Wildman–Crippen LogP) is 5.14. The molecule has 1 amide bonds. The maximum Gasteiger partial charge on any atom is 0.277 e. The van der Waals surface area contributed by atoms with Crippen molar-refractivity contribution in [3.05, 3.63) is 71.2 Å². The molecule has 0 aromatic heterocycles. The number of halogens is 1. The molecule has 6 heteroatoms. The molecule has 2 aliphatic rings. The number of ether oxygens (including phenoxy) is 1. The standard InChI is InChI=1S/C24H25FN2O2S/c1-26-22(23(28)27(24(26)30)19-8-3-2-4-9-19)15-17-11-13-20(14-12-17)29-16-18-7-5-6-10-21(18)25/h5-7,10-15,19H,2-4,8-9,16H2,1H3. The zero-order valence-electron chi connectivity index (χ0n) is 17.0. The second-order valence-electron chi connectivity index (χ2n) is 7.79. The zero-order valence-corrected chi connectivity index (χ0v) is 17.8. The third-order valence-electron chi connectivity index (χ3n) is 5.77. The van der Waals surface area contributed by atoms with Crippen LogP contribution in [-0.4, -0.2) is 33.9 Å². The molecule has 1 heterocycles. The van der Waals surface area contributed by atoms with Crippen molar-refractivity contribution in [1.29, 1.82) is 0 Å². The van der Waals surface area contributed by atoms with Crippen LogP contribution >= 0.6 is 12.2 Å². The molecular formula is C24H25FN2O2S. The third-order valence-corrected chi connectivity index (χ3v) is 6.24. The highest BCUT2D eigenvalue weighted by atomic mass is 32.1. The van der Waals surface area contributed by atoms with Gasteiger partial charge in [-0.1, -0.05) is 49.6 Å². The number of rotatable bonds is 5. The molecule has 0 N–H and O–H groups in total. The van der Waals surface area contributed by atoms with Gasteiger partial charge in [-0.2, -0.15) is 0 Å². The van der Waals surface area contributed by atoms with Crippen molar-refractivity contribution in [3.8, 4) is 5.75 Å². The molecule has 0 unspecified atom stereocenters. The maximum absolute atomic E-state index is 13.7. The van der Waals surface area contributed by atoms with Gasteiger partial charge in [0.15, 0.2) is 5.11 Å². The van der Waals surface area contributed by atoms with Crippen molar-refractivity contribution in [2.24, 2.45) is 0 Å². The average molecular weight is 425 g/mol. The van der Waals surface area contributed by atoms with Crippen molar-refractivity contribution in [2.75, 3.05) is 7.05 Å². The summed E-state index contributed by atoms with van der Waals surface area (Å²) in [5, 5.41) is 0.586. The van der Waals surface area contributed by atoms with Gasteiger partial charge in [-0.05, 0) is 54.9 Å². The van der Waals surface area contributed by atoms with Gasteiger partial charge in [-0.15, -0.1) is 0 Å². The first-order chi connectivity index (χ1) is 14.5. The summed E-state index contributed by atoms with van der Waals surface area (Å²) in [6.45, 7) is 0.166. The molecule has 4 nitrogen and oxygen atoms in total. The van der Waals surface area contributed by atoms with Crippen LogP contribution in [0.1, 0.15) is 43.2 Å². The molecule has 0 atom stereocenters. The lowest BCUT2D eigenvalue weighted by molar-refractivity contribution is -0.124. The number of likely N-dealkylation sites (N-methyl/N-ethyl adjacent to an activating group) is 1. The molecular weight excluding hydrogens is 399 g/mol. The minimum Gasteiger partial charge on any atom is -0.489 e. The van der Waals surface area contributed by atoms with Gasteiger partial charge >= 0.3 is 0 Å². The van der Waals surface area contributed by atoms with E-state index in [2.05, 4.69) is 0 Å². The van der Waals surface area contributed by atoms with E-state index < -0.39 is 0 Å². The highest BCUT2D eigenvalue weighted by Gasteiger charge is 2.40. The Bertz CT molecular complexity index is 967. The van der Waals surface area contributed by atoms with Crippen LogP contribution in [0.15, 0.2) is 54.2 Å². The Labute approximate surface area is 181 Å². The Morgan fingerprint density at radius 1 is 1.10 bits per heavy atom. The van der Waals surface area contributed by atoms with E-state index in [9.17, 15) is 9.18 Å². The number of hydrogen-bond donors (Lipinski definition) is 0. The van der Waals surface area contributed by atoms with Crippen LogP contribution in [0.2, 0.25) is 0 Å². The number of amides is 1. The molecule has 2 aromatic carbocycles. The smallest absolute Gasteiger partial charge is 0.277 e. The molecule has 0 bridgehead atoms.